The summed E-state index contributed by atoms with van der Waals surface area (Å²) < 4.78 is 0. The van der Waals surface area contributed by atoms with Crippen molar-refractivity contribution in [1.29, 1.82) is 0 Å². The fraction of sp³-hybridized carbons (Fsp3) is 0.700. The van der Waals surface area contributed by atoms with Crippen LogP contribution in [0.2, 0.25) is 0 Å². The molecule has 1 heterocycles. The van der Waals surface area contributed by atoms with Gasteiger partial charge < -0.3 is 5.11 Å². The van der Waals surface area contributed by atoms with Crippen molar-refractivity contribution in [3.05, 3.63) is 16.6 Å². The Hall–Kier alpha value is -0.410. The predicted molar refractivity (Wildman–Crippen MR) is 55.8 cm³/mol. The number of hydrogen-bond donors (Lipinski definition) is 1. The summed E-state index contributed by atoms with van der Waals surface area (Å²) in [5.74, 6) is 0.860. The Morgan fingerprint density at radius 1 is 1.46 bits per heavy atom. The average molecular weight is 199 g/mol. The van der Waals surface area contributed by atoms with Crippen molar-refractivity contribution >= 4 is 11.3 Å². The Balaban J connectivity index is 2.45. The highest BCUT2D eigenvalue weighted by Gasteiger charge is 2.18. The second-order valence-corrected chi connectivity index (χ2v) is 4.78. The number of aliphatic hydroxyl groups excluding tert-OH is 1. The maximum absolute atomic E-state index is 9.83. The first-order chi connectivity index (χ1) is 6.11. The van der Waals surface area contributed by atoms with E-state index < -0.39 is 0 Å². The van der Waals surface area contributed by atoms with Crippen molar-refractivity contribution in [2.45, 2.75) is 33.3 Å². The van der Waals surface area contributed by atoms with Crippen LogP contribution in [0.15, 0.2) is 11.6 Å². The molecule has 0 aliphatic rings. The van der Waals surface area contributed by atoms with Gasteiger partial charge in [-0.15, -0.1) is 11.3 Å². The molecule has 0 fully saturated rings. The number of nitrogens with zero attached hydrogens (tertiary/aromatic N) is 1. The molecule has 1 rings (SSSR count). The van der Waals surface area contributed by atoms with Crippen LogP contribution in [-0.4, -0.2) is 16.2 Å². The van der Waals surface area contributed by atoms with E-state index in [4.69, 9.17) is 0 Å². The zero-order chi connectivity index (χ0) is 9.84. The minimum atomic E-state index is -0.258. The van der Waals surface area contributed by atoms with E-state index in [1.807, 2.05) is 5.38 Å². The number of aliphatic hydroxyl groups is 1. The van der Waals surface area contributed by atoms with Gasteiger partial charge in [-0.25, -0.2) is 4.98 Å². The van der Waals surface area contributed by atoms with E-state index in [1.165, 1.54) is 0 Å². The molecule has 0 aromatic carbocycles. The largest absolute Gasteiger partial charge is 0.392 e. The molecular weight excluding hydrogens is 182 g/mol. The van der Waals surface area contributed by atoms with Gasteiger partial charge in [0.05, 0.1) is 11.1 Å². The molecule has 0 radical (unpaired) electrons. The summed E-state index contributed by atoms with van der Waals surface area (Å²) in [4.78, 5) is 4.16. The van der Waals surface area contributed by atoms with Crippen LogP contribution >= 0.6 is 11.3 Å². The number of rotatable bonds is 4. The smallest absolute Gasteiger partial charge is 0.0950 e. The van der Waals surface area contributed by atoms with Gasteiger partial charge in [-0.3, -0.25) is 0 Å². The molecule has 0 aliphatic heterocycles. The molecule has 3 heteroatoms. The first kappa shape index (κ1) is 10.7. The number of aromatic nitrogens is 1. The molecule has 2 unspecified atom stereocenters. The Morgan fingerprint density at radius 3 is 2.62 bits per heavy atom. The van der Waals surface area contributed by atoms with Crippen LogP contribution in [0.3, 0.4) is 0 Å². The van der Waals surface area contributed by atoms with Crippen LogP contribution in [0.25, 0.3) is 0 Å². The third kappa shape index (κ3) is 3.08. The highest BCUT2D eigenvalue weighted by atomic mass is 32.1. The van der Waals surface area contributed by atoms with Crippen LogP contribution in [0.1, 0.15) is 25.8 Å². The summed E-state index contributed by atoms with van der Waals surface area (Å²) in [7, 11) is 0. The highest BCUT2D eigenvalue weighted by Crippen LogP contribution is 2.18. The third-order valence-corrected chi connectivity index (χ3v) is 3.33. The van der Waals surface area contributed by atoms with Crippen molar-refractivity contribution in [2.75, 3.05) is 0 Å². The Labute approximate surface area is 83.6 Å². The van der Waals surface area contributed by atoms with Gasteiger partial charge >= 0.3 is 0 Å². The maximum Gasteiger partial charge on any atom is 0.0950 e. The van der Waals surface area contributed by atoms with Gasteiger partial charge in [-0.05, 0) is 11.8 Å². The molecule has 0 saturated carbocycles. The molecule has 74 valence electrons. The second kappa shape index (κ2) is 4.72. The van der Waals surface area contributed by atoms with Crippen molar-refractivity contribution in [1.82, 2.24) is 4.98 Å². The first-order valence-electron chi connectivity index (χ1n) is 4.67. The number of hydrogen-bond acceptors (Lipinski definition) is 3. The molecule has 0 bridgehead atoms. The van der Waals surface area contributed by atoms with E-state index >= 15 is 0 Å². The fourth-order valence-electron chi connectivity index (χ4n) is 1.16. The van der Waals surface area contributed by atoms with Crippen molar-refractivity contribution in [2.24, 2.45) is 11.8 Å². The molecule has 13 heavy (non-hydrogen) atoms. The standard InChI is InChI=1S/C10H17NOS/c1-7(2)8(3)9(12)6-10-11-4-5-13-10/h4-5,7-9,12H,6H2,1-3H3. The van der Waals surface area contributed by atoms with Crippen LogP contribution in [0.4, 0.5) is 0 Å². The zero-order valence-electron chi connectivity index (χ0n) is 8.40. The summed E-state index contributed by atoms with van der Waals surface area (Å²) >= 11 is 1.61. The van der Waals surface area contributed by atoms with Crippen molar-refractivity contribution in [3.63, 3.8) is 0 Å². The van der Waals surface area contributed by atoms with Gasteiger partial charge in [-0.1, -0.05) is 20.8 Å². The number of thiazole rings is 1. The topological polar surface area (TPSA) is 33.1 Å². The molecule has 0 spiro atoms. The molecule has 2 nitrogen and oxygen atoms in total. The summed E-state index contributed by atoms with van der Waals surface area (Å²) in [6.45, 7) is 6.36. The second-order valence-electron chi connectivity index (χ2n) is 3.80. The van der Waals surface area contributed by atoms with Gasteiger partial charge in [0.25, 0.3) is 0 Å². The lowest BCUT2D eigenvalue weighted by atomic mass is 9.91. The Morgan fingerprint density at radius 2 is 2.15 bits per heavy atom. The van der Waals surface area contributed by atoms with Crippen LogP contribution in [0.5, 0.6) is 0 Å². The molecule has 1 aromatic heterocycles. The normalized spacial score (nSPS) is 16.1. The van der Waals surface area contributed by atoms with Crippen LogP contribution < -0.4 is 0 Å². The summed E-state index contributed by atoms with van der Waals surface area (Å²) in [6.07, 6.45) is 2.22. The minimum absolute atomic E-state index is 0.258. The van der Waals surface area contributed by atoms with Gasteiger partial charge in [0.1, 0.15) is 0 Å². The lowest BCUT2D eigenvalue weighted by molar-refractivity contribution is 0.0921. The monoisotopic (exact) mass is 199 g/mol. The molecule has 0 amide bonds. The van der Waals surface area contributed by atoms with Crippen molar-refractivity contribution in [3.8, 4) is 0 Å². The van der Waals surface area contributed by atoms with E-state index in [1.54, 1.807) is 17.5 Å². The lowest BCUT2D eigenvalue weighted by Crippen LogP contribution is -2.24. The Bertz CT molecular complexity index is 233. The first-order valence-corrected chi connectivity index (χ1v) is 5.55. The van der Waals surface area contributed by atoms with Crippen molar-refractivity contribution < 1.29 is 5.11 Å². The summed E-state index contributed by atoms with van der Waals surface area (Å²) in [5, 5.41) is 12.8. The Kier molecular flexibility index (Phi) is 3.88. The van der Waals surface area contributed by atoms with E-state index in [-0.39, 0.29) is 6.10 Å². The average Bonchev–Trinajstić information content (AvgIpc) is 2.55. The molecule has 2 atom stereocenters. The molecular formula is C10H17NOS. The SMILES string of the molecule is CC(C)C(C)C(O)Cc1nccs1. The lowest BCUT2D eigenvalue weighted by Gasteiger charge is -2.21. The molecule has 0 saturated heterocycles. The van der Waals surface area contributed by atoms with E-state index in [9.17, 15) is 5.11 Å². The molecule has 0 aliphatic carbocycles. The predicted octanol–water partition coefficient (Wildman–Crippen LogP) is 2.34. The quantitative estimate of drug-likeness (QED) is 0.807. The van der Waals surface area contributed by atoms with Gasteiger partial charge in [0.2, 0.25) is 0 Å². The van der Waals surface area contributed by atoms with E-state index in [2.05, 4.69) is 25.8 Å². The third-order valence-electron chi connectivity index (χ3n) is 2.53. The maximum atomic E-state index is 9.83. The van der Waals surface area contributed by atoms with Gasteiger partial charge in [0, 0.05) is 18.0 Å². The fourth-order valence-corrected chi connectivity index (χ4v) is 1.83. The van der Waals surface area contributed by atoms with E-state index in [0.717, 1.165) is 5.01 Å². The highest BCUT2D eigenvalue weighted by molar-refractivity contribution is 7.09. The molecule has 1 N–H and O–H groups in total. The summed E-state index contributed by atoms with van der Waals surface area (Å²) in [6, 6.07) is 0. The zero-order valence-corrected chi connectivity index (χ0v) is 9.21. The van der Waals surface area contributed by atoms with Crippen LogP contribution in [-0.2, 0) is 6.42 Å². The van der Waals surface area contributed by atoms with Gasteiger partial charge in [0.15, 0.2) is 0 Å². The minimum Gasteiger partial charge on any atom is -0.392 e. The van der Waals surface area contributed by atoms with Crippen LogP contribution in [0, 0.1) is 11.8 Å². The summed E-state index contributed by atoms with van der Waals surface area (Å²) in [5.41, 5.74) is 0. The van der Waals surface area contributed by atoms with E-state index in [0.29, 0.717) is 18.3 Å². The van der Waals surface area contributed by atoms with Gasteiger partial charge in [-0.2, -0.15) is 0 Å². The molecule has 1 aromatic rings.